The fourth-order valence-electron chi connectivity index (χ4n) is 2.07. The number of pyridine rings is 1. The molecule has 7 heteroatoms. The van der Waals surface area contributed by atoms with E-state index < -0.39 is 23.0 Å². The van der Waals surface area contributed by atoms with Crippen molar-refractivity contribution in [3.63, 3.8) is 0 Å². The summed E-state index contributed by atoms with van der Waals surface area (Å²) in [6, 6.07) is 0.916. The van der Waals surface area contributed by atoms with Gasteiger partial charge in [0, 0.05) is 12.7 Å². The number of aryl methyl sites for hydroxylation is 1. The first-order chi connectivity index (χ1) is 9.92. The number of rotatable bonds is 3. The highest BCUT2D eigenvalue weighted by molar-refractivity contribution is 9.10. The zero-order valence-corrected chi connectivity index (χ0v) is 13.0. The molecule has 0 aliphatic carbocycles. The molecule has 1 aromatic carbocycles. The van der Waals surface area contributed by atoms with E-state index in [4.69, 9.17) is 4.74 Å². The molecule has 112 valence electrons. The molecule has 0 aliphatic heterocycles. The molecule has 0 radical (unpaired) electrons. The first-order valence-electron chi connectivity index (χ1n) is 6.30. The molecule has 0 amide bonds. The van der Waals surface area contributed by atoms with Crippen LogP contribution in [0.3, 0.4) is 0 Å². The van der Waals surface area contributed by atoms with Gasteiger partial charge in [-0.1, -0.05) is 0 Å². The largest absolute Gasteiger partial charge is 0.462 e. The molecule has 0 N–H and O–H groups in total. The number of hydrogen-bond acceptors (Lipinski definition) is 3. The van der Waals surface area contributed by atoms with Crippen LogP contribution in [-0.4, -0.2) is 17.1 Å². The average molecular weight is 360 g/mol. The van der Waals surface area contributed by atoms with Gasteiger partial charge in [0.15, 0.2) is 5.82 Å². The molecule has 0 atom stereocenters. The van der Waals surface area contributed by atoms with Crippen LogP contribution in [0.5, 0.6) is 0 Å². The Balaban J connectivity index is 2.90. The molecule has 21 heavy (non-hydrogen) atoms. The van der Waals surface area contributed by atoms with Crippen LogP contribution in [0.25, 0.3) is 10.9 Å². The summed E-state index contributed by atoms with van der Waals surface area (Å²) in [6.45, 7) is 3.73. The van der Waals surface area contributed by atoms with Gasteiger partial charge in [-0.2, -0.15) is 0 Å². The van der Waals surface area contributed by atoms with Gasteiger partial charge in [-0.05, 0) is 35.8 Å². The van der Waals surface area contributed by atoms with E-state index in [0.717, 1.165) is 6.07 Å². The van der Waals surface area contributed by atoms with E-state index in [1.54, 1.807) is 13.8 Å². The summed E-state index contributed by atoms with van der Waals surface area (Å²) < 4.78 is 33.7. The number of aromatic nitrogens is 1. The van der Waals surface area contributed by atoms with E-state index in [0.29, 0.717) is 6.54 Å². The first kappa shape index (κ1) is 15.6. The van der Waals surface area contributed by atoms with E-state index in [2.05, 4.69) is 15.9 Å². The minimum Gasteiger partial charge on any atom is -0.462 e. The number of ether oxygens (including phenoxy) is 1. The summed E-state index contributed by atoms with van der Waals surface area (Å²) in [7, 11) is 0. The second-order valence-corrected chi connectivity index (χ2v) is 5.05. The third kappa shape index (κ3) is 2.57. The topological polar surface area (TPSA) is 48.3 Å². The lowest BCUT2D eigenvalue weighted by molar-refractivity contribution is 0.0524. The van der Waals surface area contributed by atoms with Crippen LogP contribution in [0.4, 0.5) is 8.78 Å². The van der Waals surface area contributed by atoms with Crippen molar-refractivity contribution in [3.8, 4) is 0 Å². The van der Waals surface area contributed by atoms with Crippen LogP contribution in [0.2, 0.25) is 0 Å². The summed E-state index contributed by atoms with van der Waals surface area (Å²) in [6.07, 6.45) is 1.23. The predicted molar refractivity (Wildman–Crippen MR) is 77.5 cm³/mol. The molecular weight excluding hydrogens is 348 g/mol. The lowest BCUT2D eigenvalue weighted by Crippen LogP contribution is -2.21. The zero-order chi connectivity index (χ0) is 15.7. The minimum atomic E-state index is -0.902. The third-order valence-corrected chi connectivity index (χ3v) is 3.76. The zero-order valence-electron chi connectivity index (χ0n) is 11.4. The summed E-state index contributed by atoms with van der Waals surface area (Å²) in [5, 5.41) is -0.194. The van der Waals surface area contributed by atoms with Crippen LogP contribution >= 0.6 is 15.9 Å². The molecule has 0 unspecified atom stereocenters. The van der Waals surface area contributed by atoms with E-state index in [9.17, 15) is 18.4 Å². The lowest BCUT2D eigenvalue weighted by Gasteiger charge is -2.13. The minimum absolute atomic E-state index is 0.0520. The van der Waals surface area contributed by atoms with Gasteiger partial charge in [-0.3, -0.25) is 4.79 Å². The second kappa shape index (κ2) is 5.93. The van der Waals surface area contributed by atoms with Gasteiger partial charge >= 0.3 is 5.97 Å². The van der Waals surface area contributed by atoms with Gasteiger partial charge < -0.3 is 9.30 Å². The summed E-state index contributed by atoms with van der Waals surface area (Å²) >= 11 is 2.80. The van der Waals surface area contributed by atoms with E-state index >= 15 is 0 Å². The Hall–Kier alpha value is -1.76. The van der Waals surface area contributed by atoms with Crippen molar-refractivity contribution in [1.29, 1.82) is 0 Å². The second-order valence-electron chi connectivity index (χ2n) is 4.26. The molecule has 2 aromatic rings. The van der Waals surface area contributed by atoms with Crippen LogP contribution in [-0.2, 0) is 11.3 Å². The number of esters is 1. The number of carbonyl (C=O) groups excluding carboxylic acids is 1. The molecule has 0 aliphatic rings. The van der Waals surface area contributed by atoms with Crippen molar-refractivity contribution in [3.05, 3.63) is 44.2 Å². The molecule has 0 fully saturated rings. The molecule has 1 heterocycles. The molecule has 2 rings (SSSR count). The van der Waals surface area contributed by atoms with Crippen molar-refractivity contribution in [2.45, 2.75) is 20.4 Å². The Labute approximate surface area is 127 Å². The standard InChI is InChI=1S/C14H12BrF2NO3/c1-3-18-6-8(14(20)21-4-2)13(19)7-5-9(16)10(15)11(17)12(7)18/h5-6H,3-4H2,1-2H3. The Morgan fingerprint density at radius 3 is 2.62 bits per heavy atom. The Kier molecular flexibility index (Phi) is 4.41. The number of hydrogen-bond donors (Lipinski definition) is 0. The molecule has 0 spiro atoms. The van der Waals surface area contributed by atoms with Gasteiger partial charge in [0.1, 0.15) is 11.4 Å². The normalized spacial score (nSPS) is 10.9. The van der Waals surface area contributed by atoms with Gasteiger partial charge in [0.05, 0.1) is 22.0 Å². The van der Waals surface area contributed by atoms with Crippen LogP contribution < -0.4 is 5.43 Å². The fourth-order valence-corrected chi connectivity index (χ4v) is 2.37. The first-order valence-corrected chi connectivity index (χ1v) is 7.09. The molecule has 4 nitrogen and oxygen atoms in total. The monoisotopic (exact) mass is 359 g/mol. The van der Waals surface area contributed by atoms with Crippen molar-refractivity contribution in [2.75, 3.05) is 6.61 Å². The van der Waals surface area contributed by atoms with Crippen molar-refractivity contribution < 1.29 is 18.3 Å². The van der Waals surface area contributed by atoms with Gasteiger partial charge in [0.25, 0.3) is 0 Å². The summed E-state index contributed by atoms with van der Waals surface area (Å²) in [5.41, 5.74) is -1.05. The lowest BCUT2D eigenvalue weighted by atomic mass is 10.1. The summed E-state index contributed by atoms with van der Waals surface area (Å²) in [5.74, 6) is -2.59. The Morgan fingerprint density at radius 2 is 2.05 bits per heavy atom. The maximum atomic E-state index is 14.2. The maximum absolute atomic E-state index is 14.2. The van der Waals surface area contributed by atoms with E-state index in [-0.39, 0.29) is 27.5 Å². The van der Waals surface area contributed by atoms with Crippen molar-refractivity contribution in [1.82, 2.24) is 4.57 Å². The Morgan fingerprint density at radius 1 is 1.38 bits per heavy atom. The van der Waals surface area contributed by atoms with Gasteiger partial charge in [0.2, 0.25) is 5.43 Å². The van der Waals surface area contributed by atoms with E-state index in [1.807, 2.05) is 0 Å². The summed E-state index contributed by atoms with van der Waals surface area (Å²) in [4.78, 5) is 24.0. The Bertz CT molecular complexity index is 786. The van der Waals surface area contributed by atoms with E-state index in [1.165, 1.54) is 10.8 Å². The molecular formula is C14H12BrF2NO3. The number of benzene rings is 1. The number of carbonyl (C=O) groups is 1. The van der Waals surface area contributed by atoms with Gasteiger partial charge in [-0.15, -0.1) is 0 Å². The number of fused-ring (bicyclic) bond motifs is 1. The third-order valence-electron chi connectivity index (χ3n) is 3.03. The fraction of sp³-hybridized carbons (Fsp3) is 0.286. The van der Waals surface area contributed by atoms with Crippen LogP contribution in [0.1, 0.15) is 24.2 Å². The highest BCUT2D eigenvalue weighted by atomic mass is 79.9. The highest BCUT2D eigenvalue weighted by Crippen LogP contribution is 2.27. The van der Waals surface area contributed by atoms with Crippen LogP contribution in [0.15, 0.2) is 21.5 Å². The molecule has 0 saturated carbocycles. The number of halogens is 3. The van der Waals surface area contributed by atoms with Crippen molar-refractivity contribution in [2.24, 2.45) is 0 Å². The predicted octanol–water partition coefficient (Wildman–Crippen LogP) is 3.24. The molecule has 0 bridgehead atoms. The molecule has 1 aromatic heterocycles. The highest BCUT2D eigenvalue weighted by Gasteiger charge is 2.21. The quantitative estimate of drug-likeness (QED) is 0.624. The molecule has 0 saturated heterocycles. The number of nitrogens with zero attached hydrogens (tertiary/aromatic N) is 1. The average Bonchev–Trinajstić information content (AvgIpc) is 2.46. The van der Waals surface area contributed by atoms with Crippen LogP contribution in [0, 0.1) is 11.6 Å². The SMILES string of the molecule is CCOC(=O)c1cn(CC)c2c(F)c(Br)c(F)cc2c1=O. The smallest absolute Gasteiger partial charge is 0.343 e. The van der Waals surface area contributed by atoms with Gasteiger partial charge in [-0.25, -0.2) is 13.6 Å². The van der Waals surface area contributed by atoms with Crippen molar-refractivity contribution >= 4 is 32.8 Å². The maximum Gasteiger partial charge on any atom is 0.343 e.